The Bertz CT molecular complexity index is 816. The van der Waals surface area contributed by atoms with Gasteiger partial charge >= 0.3 is 0 Å². The molecule has 2 aromatic carbocycles. The fourth-order valence-corrected chi connectivity index (χ4v) is 2.67. The number of aromatic nitrogens is 2. The first kappa shape index (κ1) is 15.9. The van der Waals surface area contributed by atoms with E-state index in [0.717, 1.165) is 39.8 Å². The smallest absolute Gasteiger partial charge is 0.123 e. The summed E-state index contributed by atoms with van der Waals surface area (Å²) in [5.74, 6) is 2.30. The molecule has 0 aliphatic heterocycles. The second-order valence-corrected chi connectivity index (χ2v) is 5.38. The lowest BCUT2D eigenvalue weighted by Crippen LogP contribution is -1.94. The Balaban J connectivity index is 2.13. The lowest BCUT2D eigenvalue weighted by Gasteiger charge is -2.11. The Hall–Kier alpha value is -2.95. The van der Waals surface area contributed by atoms with Crippen molar-refractivity contribution < 1.29 is 14.2 Å². The monoisotopic (exact) mass is 324 g/mol. The van der Waals surface area contributed by atoms with Crippen LogP contribution in [0.3, 0.4) is 0 Å². The Morgan fingerprint density at radius 1 is 0.750 bits per heavy atom. The molecular weight excluding hydrogens is 304 g/mol. The van der Waals surface area contributed by atoms with Crippen molar-refractivity contribution in [1.82, 2.24) is 9.55 Å². The standard InChI is InChI=1S/C19H20N2O3/c1-21-12-20-18(13-5-7-15(22-2)8-6-13)19(21)14-9-16(23-3)11-17(10-14)24-4/h5-12H,1-4H3. The molecule has 3 aromatic rings. The number of imidazole rings is 1. The number of ether oxygens (including phenoxy) is 3. The highest BCUT2D eigenvalue weighted by Crippen LogP contribution is 2.35. The number of methoxy groups -OCH3 is 3. The van der Waals surface area contributed by atoms with E-state index in [-0.39, 0.29) is 0 Å². The number of hydrogen-bond acceptors (Lipinski definition) is 4. The first-order valence-corrected chi connectivity index (χ1v) is 7.55. The molecule has 5 heteroatoms. The zero-order valence-corrected chi connectivity index (χ0v) is 14.2. The second kappa shape index (κ2) is 6.66. The summed E-state index contributed by atoms with van der Waals surface area (Å²) < 4.78 is 18.0. The van der Waals surface area contributed by atoms with Crippen molar-refractivity contribution >= 4 is 0 Å². The lowest BCUT2D eigenvalue weighted by molar-refractivity contribution is 0.394. The lowest BCUT2D eigenvalue weighted by atomic mass is 10.0. The summed E-state index contributed by atoms with van der Waals surface area (Å²) in [7, 11) is 6.92. The van der Waals surface area contributed by atoms with Crippen molar-refractivity contribution in [2.24, 2.45) is 7.05 Å². The zero-order valence-electron chi connectivity index (χ0n) is 14.2. The van der Waals surface area contributed by atoms with Gasteiger partial charge in [-0.2, -0.15) is 0 Å². The Morgan fingerprint density at radius 2 is 1.33 bits per heavy atom. The van der Waals surface area contributed by atoms with Crippen molar-refractivity contribution in [3.63, 3.8) is 0 Å². The molecule has 5 nitrogen and oxygen atoms in total. The minimum Gasteiger partial charge on any atom is -0.497 e. The van der Waals surface area contributed by atoms with Crippen LogP contribution in [0.15, 0.2) is 48.8 Å². The van der Waals surface area contributed by atoms with Gasteiger partial charge in [0.2, 0.25) is 0 Å². The maximum Gasteiger partial charge on any atom is 0.123 e. The van der Waals surface area contributed by atoms with Crippen molar-refractivity contribution in [2.45, 2.75) is 0 Å². The molecule has 0 N–H and O–H groups in total. The van der Waals surface area contributed by atoms with E-state index in [1.54, 1.807) is 27.7 Å². The highest BCUT2D eigenvalue weighted by molar-refractivity contribution is 5.80. The molecule has 0 bridgehead atoms. The van der Waals surface area contributed by atoms with Crippen LogP contribution >= 0.6 is 0 Å². The number of rotatable bonds is 5. The molecule has 0 saturated carbocycles. The summed E-state index contributed by atoms with van der Waals surface area (Å²) in [5.41, 5.74) is 3.90. The average Bonchev–Trinajstić information content (AvgIpc) is 3.02. The molecule has 0 unspecified atom stereocenters. The number of nitrogens with zero attached hydrogens (tertiary/aromatic N) is 2. The van der Waals surface area contributed by atoms with Crippen molar-refractivity contribution in [3.05, 3.63) is 48.8 Å². The minimum absolute atomic E-state index is 0.742. The fraction of sp³-hybridized carbons (Fsp3) is 0.211. The molecule has 24 heavy (non-hydrogen) atoms. The van der Waals surface area contributed by atoms with Gasteiger partial charge in [0.15, 0.2) is 0 Å². The van der Waals surface area contributed by atoms with E-state index in [4.69, 9.17) is 14.2 Å². The van der Waals surface area contributed by atoms with Gasteiger partial charge in [-0.05, 0) is 36.4 Å². The maximum atomic E-state index is 5.38. The highest BCUT2D eigenvalue weighted by atomic mass is 16.5. The molecule has 124 valence electrons. The maximum absolute atomic E-state index is 5.38. The van der Waals surface area contributed by atoms with E-state index < -0.39 is 0 Å². The molecule has 0 amide bonds. The Morgan fingerprint density at radius 3 is 1.88 bits per heavy atom. The number of aryl methyl sites for hydroxylation is 1. The van der Waals surface area contributed by atoms with E-state index >= 15 is 0 Å². The van der Waals surface area contributed by atoms with Gasteiger partial charge in [-0.3, -0.25) is 0 Å². The molecule has 1 aromatic heterocycles. The predicted molar refractivity (Wildman–Crippen MR) is 93.7 cm³/mol. The predicted octanol–water partition coefficient (Wildman–Crippen LogP) is 3.78. The third kappa shape index (κ3) is 2.93. The van der Waals surface area contributed by atoms with E-state index in [2.05, 4.69) is 4.98 Å². The third-order valence-electron chi connectivity index (χ3n) is 3.93. The quantitative estimate of drug-likeness (QED) is 0.716. The molecular formula is C19H20N2O3. The van der Waals surface area contributed by atoms with Gasteiger partial charge < -0.3 is 18.8 Å². The summed E-state index contributed by atoms with van der Waals surface area (Å²) >= 11 is 0. The van der Waals surface area contributed by atoms with Crippen LogP contribution in [0.4, 0.5) is 0 Å². The van der Waals surface area contributed by atoms with Crippen LogP contribution in [0.1, 0.15) is 0 Å². The first-order valence-electron chi connectivity index (χ1n) is 7.55. The van der Waals surface area contributed by atoms with Crippen LogP contribution in [0, 0.1) is 0 Å². The summed E-state index contributed by atoms with van der Waals surface area (Å²) in [6.07, 6.45) is 1.81. The van der Waals surface area contributed by atoms with Crippen molar-refractivity contribution in [3.8, 4) is 39.8 Å². The van der Waals surface area contributed by atoms with Gasteiger partial charge in [0.05, 0.1) is 39.0 Å². The van der Waals surface area contributed by atoms with Gasteiger partial charge in [-0.1, -0.05) is 0 Å². The molecule has 0 radical (unpaired) electrons. The molecule has 0 atom stereocenters. The SMILES string of the molecule is COc1ccc(-c2ncn(C)c2-c2cc(OC)cc(OC)c2)cc1. The van der Waals surface area contributed by atoms with E-state index in [1.807, 2.05) is 54.1 Å². The summed E-state index contributed by atoms with van der Waals surface area (Å²) in [6.45, 7) is 0. The molecule has 0 aliphatic rings. The van der Waals surface area contributed by atoms with Gasteiger partial charge in [0, 0.05) is 24.2 Å². The summed E-state index contributed by atoms with van der Waals surface area (Å²) in [6, 6.07) is 13.7. The summed E-state index contributed by atoms with van der Waals surface area (Å²) in [5, 5.41) is 0. The normalized spacial score (nSPS) is 10.5. The van der Waals surface area contributed by atoms with E-state index in [0.29, 0.717) is 0 Å². The molecule has 0 spiro atoms. The highest BCUT2D eigenvalue weighted by Gasteiger charge is 2.15. The Kier molecular flexibility index (Phi) is 4.42. The molecule has 0 fully saturated rings. The number of benzene rings is 2. The zero-order chi connectivity index (χ0) is 17.1. The van der Waals surface area contributed by atoms with Gasteiger partial charge in [0.25, 0.3) is 0 Å². The van der Waals surface area contributed by atoms with Gasteiger partial charge in [0.1, 0.15) is 17.2 Å². The molecule has 3 rings (SSSR count). The Labute approximate surface area is 141 Å². The molecule has 1 heterocycles. The van der Waals surface area contributed by atoms with Crippen molar-refractivity contribution in [1.29, 1.82) is 0 Å². The van der Waals surface area contributed by atoms with Crippen LogP contribution < -0.4 is 14.2 Å². The van der Waals surface area contributed by atoms with Crippen LogP contribution in [-0.2, 0) is 7.05 Å². The van der Waals surface area contributed by atoms with Crippen LogP contribution in [-0.4, -0.2) is 30.9 Å². The van der Waals surface area contributed by atoms with E-state index in [1.165, 1.54) is 0 Å². The molecule has 0 aliphatic carbocycles. The summed E-state index contributed by atoms with van der Waals surface area (Å²) in [4.78, 5) is 4.57. The fourth-order valence-electron chi connectivity index (χ4n) is 2.67. The first-order chi connectivity index (χ1) is 11.7. The average molecular weight is 324 g/mol. The second-order valence-electron chi connectivity index (χ2n) is 5.38. The van der Waals surface area contributed by atoms with Gasteiger partial charge in [-0.15, -0.1) is 0 Å². The van der Waals surface area contributed by atoms with Gasteiger partial charge in [-0.25, -0.2) is 4.98 Å². The van der Waals surface area contributed by atoms with E-state index in [9.17, 15) is 0 Å². The largest absolute Gasteiger partial charge is 0.497 e. The minimum atomic E-state index is 0.742. The number of hydrogen-bond donors (Lipinski definition) is 0. The molecule has 0 saturated heterocycles. The third-order valence-corrected chi connectivity index (χ3v) is 3.93. The van der Waals surface area contributed by atoms with Crippen molar-refractivity contribution in [2.75, 3.05) is 21.3 Å². The van der Waals surface area contributed by atoms with Crippen LogP contribution in [0.25, 0.3) is 22.5 Å². The topological polar surface area (TPSA) is 45.5 Å². The van der Waals surface area contributed by atoms with Crippen LogP contribution in [0.5, 0.6) is 17.2 Å². The van der Waals surface area contributed by atoms with Crippen LogP contribution in [0.2, 0.25) is 0 Å².